The van der Waals surface area contributed by atoms with E-state index < -0.39 is 17.5 Å². The van der Waals surface area contributed by atoms with Crippen LogP contribution in [-0.4, -0.2) is 25.0 Å². The monoisotopic (exact) mass is 282 g/mol. The third-order valence-corrected chi connectivity index (χ3v) is 3.91. The molecule has 0 saturated carbocycles. The van der Waals surface area contributed by atoms with E-state index in [-0.39, 0.29) is 11.6 Å². The quantitative estimate of drug-likeness (QED) is 0.890. The van der Waals surface area contributed by atoms with Gasteiger partial charge in [-0.3, -0.25) is 4.79 Å². The van der Waals surface area contributed by atoms with Crippen LogP contribution in [0.25, 0.3) is 0 Å². The third kappa shape index (κ3) is 3.54. The Labute approximate surface area is 117 Å². The Morgan fingerprint density at radius 2 is 2.25 bits per heavy atom. The first-order chi connectivity index (χ1) is 9.61. The lowest BCUT2D eigenvalue weighted by Crippen LogP contribution is -2.48. The first kappa shape index (κ1) is 14.9. The molecule has 1 fully saturated rings. The number of hydrogen-bond acceptors (Lipinski definition) is 2. The predicted octanol–water partition coefficient (Wildman–Crippen LogP) is 2.47. The lowest BCUT2D eigenvalue weighted by molar-refractivity contribution is 0.0937. The normalized spacial score (nSPS) is 22.6. The van der Waals surface area contributed by atoms with E-state index in [0.29, 0.717) is 12.5 Å². The molecule has 1 amide bonds. The molecular weight excluding hydrogens is 262 g/mol. The second-order valence-electron chi connectivity index (χ2n) is 5.21. The van der Waals surface area contributed by atoms with Gasteiger partial charge >= 0.3 is 0 Å². The summed E-state index contributed by atoms with van der Waals surface area (Å²) in [4.78, 5) is 11.9. The summed E-state index contributed by atoms with van der Waals surface area (Å²) in [6.07, 6.45) is 3.32. The molecule has 0 aromatic heterocycles. The van der Waals surface area contributed by atoms with Crippen LogP contribution in [0.15, 0.2) is 18.2 Å². The summed E-state index contributed by atoms with van der Waals surface area (Å²) in [5.74, 6) is -1.36. The summed E-state index contributed by atoms with van der Waals surface area (Å²) < 4.78 is 26.5. The summed E-state index contributed by atoms with van der Waals surface area (Å²) in [5, 5.41) is 6.06. The summed E-state index contributed by atoms with van der Waals surface area (Å²) in [6.45, 7) is 3.50. The van der Waals surface area contributed by atoms with Gasteiger partial charge in [-0.25, -0.2) is 8.78 Å². The van der Waals surface area contributed by atoms with Crippen molar-refractivity contribution in [3.8, 4) is 0 Å². The standard InChI is InChI=1S/C15H20F2N2O/c1-2-10-4-3-7-18-14(10)9-19-15(20)12-8-11(16)5-6-13(12)17/h5-6,8,10,14,18H,2-4,7,9H2,1H3,(H,19,20). The highest BCUT2D eigenvalue weighted by atomic mass is 19.1. The molecule has 1 aliphatic rings. The van der Waals surface area contributed by atoms with Crippen molar-refractivity contribution in [2.45, 2.75) is 32.2 Å². The smallest absolute Gasteiger partial charge is 0.254 e. The highest BCUT2D eigenvalue weighted by molar-refractivity contribution is 5.94. The van der Waals surface area contributed by atoms with Crippen molar-refractivity contribution in [3.05, 3.63) is 35.4 Å². The lowest BCUT2D eigenvalue weighted by Gasteiger charge is -2.32. The molecule has 2 N–H and O–H groups in total. The average Bonchev–Trinajstić information content (AvgIpc) is 2.47. The second-order valence-corrected chi connectivity index (χ2v) is 5.21. The van der Waals surface area contributed by atoms with E-state index in [1.54, 1.807) is 0 Å². The van der Waals surface area contributed by atoms with Gasteiger partial charge in [0.25, 0.3) is 5.91 Å². The van der Waals surface area contributed by atoms with Crippen LogP contribution in [0.2, 0.25) is 0 Å². The van der Waals surface area contributed by atoms with Gasteiger partial charge in [0.15, 0.2) is 0 Å². The van der Waals surface area contributed by atoms with Crippen molar-refractivity contribution >= 4 is 5.91 Å². The van der Waals surface area contributed by atoms with E-state index in [1.807, 2.05) is 0 Å². The number of benzene rings is 1. The molecule has 1 aliphatic heterocycles. The zero-order valence-corrected chi connectivity index (χ0v) is 11.6. The van der Waals surface area contributed by atoms with Gasteiger partial charge in [-0.05, 0) is 43.5 Å². The lowest BCUT2D eigenvalue weighted by atomic mass is 9.88. The largest absolute Gasteiger partial charge is 0.350 e. The minimum Gasteiger partial charge on any atom is -0.350 e. The fourth-order valence-corrected chi connectivity index (χ4v) is 2.72. The second kappa shape index (κ2) is 6.79. The average molecular weight is 282 g/mol. The molecule has 1 heterocycles. The Kier molecular flexibility index (Phi) is 5.06. The highest BCUT2D eigenvalue weighted by Crippen LogP contribution is 2.19. The molecule has 3 nitrogen and oxygen atoms in total. The van der Waals surface area contributed by atoms with Crippen LogP contribution in [0.5, 0.6) is 0 Å². The van der Waals surface area contributed by atoms with E-state index in [2.05, 4.69) is 17.6 Å². The predicted molar refractivity (Wildman–Crippen MR) is 73.5 cm³/mol. The van der Waals surface area contributed by atoms with Crippen LogP contribution in [0.1, 0.15) is 36.5 Å². The van der Waals surface area contributed by atoms with Crippen LogP contribution >= 0.6 is 0 Å². The molecular formula is C15H20F2N2O. The van der Waals surface area contributed by atoms with Crippen LogP contribution in [-0.2, 0) is 0 Å². The van der Waals surface area contributed by atoms with Gasteiger partial charge in [0.1, 0.15) is 11.6 Å². The fraction of sp³-hybridized carbons (Fsp3) is 0.533. The van der Waals surface area contributed by atoms with Crippen molar-refractivity contribution in [2.24, 2.45) is 5.92 Å². The molecule has 5 heteroatoms. The first-order valence-corrected chi connectivity index (χ1v) is 7.08. The molecule has 2 rings (SSSR count). The van der Waals surface area contributed by atoms with E-state index in [0.717, 1.165) is 44.0 Å². The maximum Gasteiger partial charge on any atom is 0.254 e. The Morgan fingerprint density at radius 3 is 3.00 bits per heavy atom. The van der Waals surface area contributed by atoms with Crippen LogP contribution < -0.4 is 10.6 Å². The number of halogens is 2. The maximum atomic E-state index is 13.5. The Bertz CT molecular complexity index is 479. The zero-order chi connectivity index (χ0) is 14.5. The van der Waals surface area contributed by atoms with Gasteiger partial charge < -0.3 is 10.6 Å². The summed E-state index contributed by atoms with van der Waals surface area (Å²) in [6, 6.07) is 3.10. The van der Waals surface area contributed by atoms with Crippen LogP contribution in [0, 0.1) is 17.6 Å². The van der Waals surface area contributed by atoms with Gasteiger partial charge in [-0.2, -0.15) is 0 Å². The van der Waals surface area contributed by atoms with Gasteiger partial charge in [0.2, 0.25) is 0 Å². The molecule has 1 aromatic carbocycles. The third-order valence-electron chi connectivity index (χ3n) is 3.91. The van der Waals surface area contributed by atoms with Crippen LogP contribution in [0.3, 0.4) is 0 Å². The molecule has 20 heavy (non-hydrogen) atoms. The topological polar surface area (TPSA) is 41.1 Å². The van der Waals surface area contributed by atoms with Crippen molar-refractivity contribution in [3.63, 3.8) is 0 Å². The summed E-state index contributed by atoms with van der Waals surface area (Å²) in [7, 11) is 0. The first-order valence-electron chi connectivity index (χ1n) is 7.08. The molecule has 0 radical (unpaired) electrons. The van der Waals surface area contributed by atoms with Gasteiger partial charge in [-0.15, -0.1) is 0 Å². The maximum absolute atomic E-state index is 13.5. The van der Waals surface area contributed by atoms with Crippen LogP contribution in [0.4, 0.5) is 8.78 Å². The fourth-order valence-electron chi connectivity index (χ4n) is 2.72. The Morgan fingerprint density at radius 1 is 1.45 bits per heavy atom. The molecule has 1 aromatic rings. The number of hydrogen-bond donors (Lipinski definition) is 2. The number of carbonyl (C=O) groups excluding carboxylic acids is 1. The number of piperidine rings is 1. The van der Waals surface area contributed by atoms with E-state index >= 15 is 0 Å². The minimum atomic E-state index is -0.701. The van der Waals surface area contributed by atoms with Gasteiger partial charge in [0, 0.05) is 12.6 Å². The summed E-state index contributed by atoms with van der Waals surface area (Å²) in [5.41, 5.74) is -0.242. The van der Waals surface area contributed by atoms with Crippen molar-refractivity contribution < 1.29 is 13.6 Å². The van der Waals surface area contributed by atoms with Crippen molar-refractivity contribution in [1.29, 1.82) is 0 Å². The highest BCUT2D eigenvalue weighted by Gasteiger charge is 2.24. The molecule has 2 unspecified atom stereocenters. The molecule has 1 saturated heterocycles. The number of carbonyl (C=O) groups is 1. The molecule has 0 aliphatic carbocycles. The zero-order valence-electron chi connectivity index (χ0n) is 11.6. The summed E-state index contributed by atoms with van der Waals surface area (Å²) >= 11 is 0. The molecule has 0 bridgehead atoms. The molecule has 110 valence electrons. The number of nitrogens with one attached hydrogen (secondary N) is 2. The Hall–Kier alpha value is -1.49. The van der Waals surface area contributed by atoms with E-state index in [9.17, 15) is 13.6 Å². The number of amides is 1. The van der Waals surface area contributed by atoms with Crippen molar-refractivity contribution in [1.82, 2.24) is 10.6 Å². The SMILES string of the molecule is CCC1CCCNC1CNC(=O)c1cc(F)ccc1F. The molecule has 0 spiro atoms. The van der Waals surface area contributed by atoms with Gasteiger partial charge in [0.05, 0.1) is 5.56 Å². The molecule has 2 atom stereocenters. The van der Waals surface area contributed by atoms with Gasteiger partial charge in [-0.1, -0.05) is 13.3 Å². The van der Waals surface area contributed by atoms with E-state index in [4.69, 9.17) is 0 Å². The van der Waals surface area contributed by atoms with E-state index in [1.165, 1.54) is 0 Å². The van der Waals surface area contributed by atoms with Crippen molar-refractivity contribution in [2.75, 3.05) is 13.1 Å². The minimum absolute atomic E-state index is 0.203. The Balaban J connectivity index is 1.96. The number of rotatable bonds is 4.